The average Bonchev–Trinajstić information content (AvgIpc) is 3.28. The first kappa shape index (κ1) is 18.8. The van der Waals surface area contributed by atoms with Crippen LogP contribution in [0.15, 0.2) is 36.4 Å². The number of hydrogen-bond donors (Lipinski definition) is 0. The molecule has 0 N–H and O–H groups in total. The lowest BCUT2D eigenvalue weighted by molar-refractivity contribution is -0.135. The maximum atomic E-state index is 12.6. The summed E-state index contributed by atoms with van der Waals surface area (Å²) in [5.41, 5.74) is 1.06. The summed E-state index contributed by atoms with van der Waals surface area (Å²) in [5.74, 6) is 2.63. The molecule has 1 aliphatic carbocycles. The standard InChI is InChI=1S/C22H28N2O4/c1-3-27-18-4-6-19(7-5-18)28-14-21(25)23-9-8-16-11-24(13-17(16)12-23)22(26)20-10-15(20)2/h4-7,16-17,20H,2-3,8-14H2,1H3/t16-,17+,20?/m1/s1. The molecule has 2 aliphatic heterocycles. The third kappa shape index (κ3) is 4.01. The van der Waals surface area contributed by atoms with Gasteiger partial charge in [0.1, 0.15) is 11.5 Å². The van der Waals surface area contributed by atoms with Crippen LogP contribution in [0.1, 0.15) is 19.8 Å². The van der Waals surface area contributed by atoms with E-state index >= 15 is 0 Å². The molecule has 2 heterocycles. The first-order valence-corrected chi connectivity index (χ1v) is 10.1. The van der Waals surface area contributed by atoms with Crippen LogP contribution in [0.3, 0.4) is 0 Å². The van der Waals surface area contributed by atoms with Crippen molar-refractivity contribution in [3.8, 4) is 11.5 Å². The van der Waals surface area contributed by atoms with Crippen molar-refractivity contribution in [2.45, 2.75) is 19.8 Å². The third-order valence-electron chi connectivity index (χ3n) is 6.06. The Morgan fingerprint density at radius 3 is 2.29 bits per heavy atom. The molecule has 0 spiro atoms. The highest BCUT2D eigenvalue weighted by Gasteiger charge is 2.44. The Morgan fingerprint density at radius 2 is 1.64 bits per heavy atom. The molecule has 3 atom stereocenters. The summed E-state index contributed by atoms with van der Waals surface area (Å²) in [6.45, 7) is 9.55. The Balaban J connectivity index is 1.26. The van der Waals surface area contributed by atoms with Gasteiger partial charge in [-0.25, -0.2) is 0 Å². The highest BCUT2D eigenvalue weighted by molar-refractivity contribution is 5.86. The minimum atomic E-state index is 0.00711. The van der Waals surface area contributed by atoms with Gasteiger partial charge in [0.15, 0.2) is 6.61 Å². The topological polar surface area (TPSA) is 59.1 Å². The summed E-state index contributed by atoms with van der Waals surface area (Å²) in [7, 11) is 0. The van der Waals surface area contributed by atoms with E-state index in [0.29, 0.717) is 30.7 Å². The fourth-order valence-electron chi connectivity index (χ4n) is 4.30. The molecule has 6 heteroatoms. The zero-order chi connectivity index (χ0) is 19.7. The van der Waals surface area contributed by atoms with Crippen LogP contribution in [0.25, 0.3) is 0 Å². The van der Waals surface area contributed by atoms with Gasteiger partial charge in [-0.15, -0.1) is 0 Å². The summed E-state index contributed by atoms with van der Waals surface area (Å²) in [6.07, 6.45) is 1.80. The van der Waals surface area contributed by atoms with E-state index in [9.17, 15) is 9.59 Å². The van der Waals surface area contributed by atoms with Gasteiger partial charge in [0.25, 0.3) is 5.91 Å². The monoisotopic (exact) mass is 384 g/mol. The Kier molecular flexibility index (Phi) is 5.29. The predicted molar refractivity (Wildman–Crippen MR) is 105 cm³/mol. The number of likely N-dealkylation sites (tertiary alicyclic amines) is 2. The van der Waals surface area contributed by atoms with Gasteiger partial charge in [0, 0.05) is 26.2 Å². The number of carbonyl (C=O) groups excluding carboxylic acids is 2. The highest BCUT2D eigenvalue weighted by Crippen LogP contribution is 2.40. The number of hydrogen-bond acceptors (Lipinski definition) is 4. The smallest absolute Gasteiger partial charge is 0.260 e. The van der Waals surface area contributed by atoms with Gasteiger partial charge < -0.3 is 19.3 Å². The molecule has 3 aliphatic rings. The van der Waals surface area contributed by atoms with Crippen LogP contribution in [0, 0.1) is 17.8 Å². The molecule has 150 valence electrons. The number of fused-ring (bicyclic) bond motifs is 1. The Hall–Kier alpha value is -2.50. The van der Waals surface area contributed by atoms with Gasteiger partial charge in [-0.05, 0) is 55.9 Å². The average molecular weight is 384 g/mol. The molecule has 3 fully saturated rings. The number of benzene rings is 1. The van der Waals surface area contributed by atoms with Gasteiger partial charge in [0.2, 0.25) is 5.91 Å². The molecular formula is C22H28N2O4. The zero-order valence-corrected chi connectivity index (χ0v) is 16.4. The second kappa shape index (κ2) is 7.86. The van der Waals surface area contributed by atoms with Crippen LogP contribution < -0.4 is 9.47 Å². The van der Waals surface area contributed by atoms with E-state index in [4.69, 9.17) is 9.47 Å². The fraction of sp³-hybridized carbons (Fsp3) is 0.545. The van der Waals surface area contributed by atoms with E-state index in [1.165, 1.54) is 0 Å². The fourth-order valence-corrected chi connectivity index (χ4v) is 4.30. The summed E-state index contributed by atoms with van der Waals surface area (Å²) >= 11 is 0. The quantitative estimate of drug-likeness (QED) is 0.707. The molecule has 2 amide bonds. The molecule has 28 heavy (non-hydrogen) atoms. The molecule has 0 radical (unpaired) electrons. The highest BCUT2D eigenvalue weighted by atomic mass is 16.5. The van der Waals surface area contributed by atoms with Crippen molar-refractivity contribution >= 4 is 11.8 Å². The number of carbonyl (C=O) groups is 2. The van der Waals surface area contributed by atoms with Gasteiger partial charge in [-0.2, -0.15) is 0 Å². The minimum absolute atomic E-state index is 0.00711. The van der Waals surface area contributed by atoms with Crippen LogP contribution in [-0.4, -0.2) is 61.0 Å². The minimum Gasteiger partial charge on any atom is -0.494 e. The van der Waals surface area contributed by atoms with E-state index in [0.717, 1.165) is 43.8 Å². The molecule has 1 aromatic carbocycles. The van der Waals surface area contributed by atoms with Gasteiger partial charge in [0.05, 0.1) is 12.5 Å². The summed E-state index contributed by atoms with van der Waals surface area (Å²) < 4.78 is 11.1. The summed E-state index contributed by atoms with van der Waals surface area (Å²) in [5, 5.41) is 0. The largest absolute Gasteiger partial charge is 0.494 e. The second-order valence-electron chi connectivity index (χ2n) is 8.00. The van der Waals surface area contributed by atoms with Crippen LogP contribution in [0.5, 0.6) is 11.5 Å². The third-order valence-corrected chi connectivity index (χ3v) is 6.06. The summed E-state index contributed by atoms with van der Waals surface area (Å²) in [4.78, 5) is 28.9. The van der Waals surface area contributed by atoms with Crippen molar-refractivity contribution in [2.24, 2.45) is 17.8 Å². The van der Waals surface area contributed by atoms with Crippen molar-refractivity contribution < 1.29 is 19.1 Å². The molecule has 0 aromatic heterocycles. The van der Waals surface area contributed by atoms with Crippen LogP contribution in [0.2, 0.25) is 0 Å². The SMILES string of the molecule is C=C1CC1C(=O)N1C[C@H]2CCN(C(=O)COc3ccc(OCC)cc3)C[C@H]2C1. The normalized spacial score (nSPS) is 26.0. The lowest BCUT2D eigenvalue weighted by Gasteiger charge is -2.34. The van der Waals surface area contributed by atoms with Crippen molar-refractivity contribution in [1.29, 1.82) is 0 Å². The van der Waals surface area contributed by atoms with E-state index < -0.39 is 0 Å². The molecule has 0 bridgehead atoms. The Morgan fingerprint density at radius 1 is 1.04 bits per heavy atom. The lowest BCUT2D eigenvalue weighted by atomic mass is 9.89. The van der Waals surface area contributed by atoms with Crippen molar-refractivity contribution in [2.75, 3.05) is 39.4 Å². The molecule has 1 unspecified atom stereocenters. The van der Waals surface area contributed by atoms with E-state index in [1.54, 1.807) is 0 Å². The van der Waals surface area contributed by atoms with Gasteiger partial charge in [-0.1, -0.05) is 12.2 Å². The van der Waals surface area contributed by atoms with Crippen molar-refractivity contribution in [3.05, 3.63) is 36.4 Å². The van der Waals surface area contributed by atoms with Crippen LogP contribution >= 0.6 is 0 Å². The molecular weight excluding hydrogens is 356 g/mol. The van der Waals surface area contributed by atoms with Crippen LogP contribution in [-0.2, 0) is 9.59 Å². The first-order valence-electron chi connectivity index (χ1n) is 10.1. The number of piperidine rings is 1. The van der Waals surface area contributed by atoms with E-state index in [1.807, 2.05) is 41.0 Å². The Bertz CT molecular complexity index is 760. The molecule has 4 rings (SSSR count). The van der Waals surface area contributed by atoms with Gasteiger partial charge >= 0.3 is 0 Å². The number of amides is 2. The van der Waals surface area contributed by atoms with Crippen LogP contribution in [0.4, 0.5) is 0 Å². The maximum absolute atomic E-state index is 12.6. The number of rotatable bonds is 6. The first-order chi connectivity index (χ1) is 13.5. The number of nitrogens with zero attached hydrogens (tertiary/aromatic N) is 2. The maximum Gasteiger partial charge on any atom is 0.260 e. The molecule has 1 aromatic rings. The van der Waals surface area contributed by atoms with E-state index in [2.05, 4.69) is 6.58 Å². The lowest BCUT2D eigenvalue weighted by Crippen LogP contribution is -2.45. The predicted octanol–water partition coefficient (Wildman–Crippen LogP) is 2.35. The summed E-state index contributed by atoms with van der Waals surface area (Å²) in [6, 6.07) is 7.31. The molecule has 6 nitrogen and oxygen atoms in total. The molecule has 1 saturated carbocycles. The number of ether oxygens (including phenoxy) is 2. The Labute approximate surface area is 166 Å². The second-order valence-corrected chi connectivity index (χ2v) is 8.00. The van der Waals surface area contributed by atoms with Crippen molar-refractivity contribution in [3.63, 3.8) is 0 Å². The zero-order valence-electron chi connectivity index (χ0n) is 16.4. The van der Waals surface area contributed by atoms with Crippen molar-refractivity contribution in [1.82, 2.24) is 9.80 Å². The molecule has 2 saturated heterocycles. The van der Waals surface area contributed by atoms with E-state index in [-0.39, 0.29) is 24.3 Å². The van der Waals surface area contributed by atoms with Gasteiger partial charge in [-0.3, -0.25) is 9.59 Å².